The summed E-state index contributed by atoms with van der Waals surface area (Å²) in [6, 6.07) is 17.2. The molecule has 156 valence electrons. The molecule has 0 amide bonds. The first-order valence-corrected chi connectivity index (χ1v) is 10.8. The molecule has 3 rings (SSSR count). The SMILES string of the molecule is COc1ccccc1C1O[P@](=O)(O)OCC1(C)C.NCCC#Cc1ccccc1. The Morgan fingerprint density at radius 1 is 1.21 bits per heavy atom. The molecule has 0 saturated carbocycles. The Morgan fingerprint density at radius 3 is 2.52 bits per heavy atom. The van der Waals surface area contributed by atoms with Gasteiger partial charge in [0.1, 0.15) is 11.9 Å². The quantitative estimate of drug-likeness (QED) is 0.572. The van der Waals surface area contributed by atoms with Gasteiger partial charge in [-0.05, 0) is 18.2 Å². The largest absolute Gasteiger partial charge is 0.496 e. The van der Waals surface area contributed by atoms with Gasteiger partial charge < -0.3 is 15.4 Å². The van der Waals surface area contributed by atoms with Gasteiger partial charge in [-0.15, -0.1) is 0 Å². The Kier molecular flexibility index (Phi) is 8.45. The van der Waals surface area contributed by atoms with E-state index in [1.165, 1.54) is 0 Å². The van der Waals surface area contributed by atoms with Gasteiger partial charge in [0, 0.05) is 29.5 Å². The third kappa shape index (κ3) is 7.01. The van der Waals surface area contributed by atoms with Gasteiger partial charge in [0.05, 0.1) is 13.7 Å². The lowest BCUT2D eigenvalue weighted by atomic mass is 9.83. The van der Waals surface area contributed by atoms with Crippen molar-refractivity contribution in [2.75, 3.05) is 20.3 Å². The monoisotopic (exact) mass is 417 g/mol. The maximum Gasteiger partial charge on any atom is 0.472 e. The summed E-state index contributed by atoms with van der Waals surface area (Å²) in [6.45, 7) is 4.63. The molecular formula is C22H28NO5P. The molecule has 1 aliphatic rings. The fourth-order valence-electron chi connectivity index (χ4n) is 2.75. The third-order valence-electron chi connectivity index (χ3n) is 4.25. The number of methoxy groups -OCH3 is 1. The van der Waals surface area contributed by atoms with Crippen molar-refractivity contribution in [1.82, 2.24) is 0 Å². The van der Waals surface area contributed by atoms with E-state index in [0.717, 1.165) is 17.5 Å². The highest BCUT2D eigenvalue weighted by atomic mass is 31.2. The Balaban J connectivity index is 0.000000234. The van der Waals surface area contributed by atoms with E-state index < -0.39 is 19.3 Å². The zero-order chi connectivity index (χ0) is 21.3. The molecule has 0 spiro atoms. The summed E-state index contributed by atoms with van der Waals surface area (Å²) in [5.74, 6) is 6.63. The fourth-order valence-corrected chi connectivity index (χ4v) is 3.97. The van der Waals surface area contributed by atoms with Crippen LogP contribution in [-0.2, 0) is 13.6 Å². The first kappa shape index (κ1) is 23.2. The topological polar surface area (TPSA) is 91.0 Å². The van der Waals surface area contributed by atoms with Crippen LogP contribution in [0.15, 0.2) is 54.6 Å². The van der Waals surface area contributed by atoms with Crippen molar-refractivity contribution in [3.63, 3.8) is 0 Å². The predicted octanol–water partition coefficient (Wildman–Crippen LogP) is 4.30. The van der Waals surface area contributed by atoms with Gasteiger partial charge in [-0.1, -0.05) is 62.1 Å². The van der Waals surface area contributed by atoms with Crippen LogP contribution in [-0.4, -0.2) is 25.2 Å². The molecule has 2 atom stereocenters. The summed E-state index contributed by atoms with van der Waals surface area (Å²) in [4.78, 5) is 9.47. The van der Waals surface area contributed by atoms with Crippen LogP contribution >= 0.6 is 7.82 Å². The second-order valence-corrected chi connectivity index (χ2v) is 8.57. The van der Waals surface area contributed by atoms with Crippen LogP contribution < -0.4 is 10.5 Å². The van der Waals surface area contributed by atoms with Gasteiger partial charge >= 0.3 is 7.82 Å². The van der Waals surface area contributed by atoms with Crippen LogP contribution in [0.4, 0.5) is 0 Å². The van der Waals surface area contributed by atoms with Gasteiger partial charge in [0.2, 0.25) is 0 Å². The van der Waals surface area contributed by atoms with Crippen molar-refractivity contribution in [2.45, 2.75) is 26.4 Å². The van der Waals surface area contributed by atoms with Gasteiger partial charge in [-0.3, -0.25) is 9.05 Å². The molecule has 0 radical (unpaired) electrons. The van der Waals surface area contributed by atoms with Crippen molar-refractivity contribution in [3.8, 4) is 17.6 Å². The summed E-state index contributed by atoms with van der Waals surface area (Å²) < 4.78 is 26.9. The van der Waals surface area contributed by atoms with E-state index >= 15 is 0 Å². The lowest BCUT2D eigenvalue weighted by Crippen LogP contribution is -2.33. The zero-order valence-electron chi connectivity index (χ0n) is 17.0. The Morgan fingerprint density at radius 2 is 1.86 bits per heavy atom. The smallest absolute Gasteiger partial charge is 0.472 e. The standard InChI is InChI=1S/C12H17O5P.C10H11N/c1-12(2)8-16-18(13,14)17-11(12)9-6-4-5-7-10(9)15-3;11-9-5-4-8-10-6-2-1-3-7-10/h4-7,11H,8H2,1-3H3,(H,13,14);1-3,6-7H,5,9,11H2. The highest BCUT2D eigenvalue weighted by Crippen LogP contribution is 2.59. The van der Waals surface area contributed by atoms with Crippen molar-refractivity contribution in [3.05, 3.63) is 65.7 Å². The molecule has 2 aromatic carbocycles. The number of nitrogens with two attached hydrogens (primary N) is 1. The fraction of sp³-hybridized carbons (Fsp3) is 0.364. The lowest BCUT2D eigenvalue weighted by Gasteiger charge is -2.39. The van der Waals surface area contributed by atoms with E-state index in [1.807, 2.05) is 62.4 Å². The second kappa shape index (κ2) is 10.6. The normalized spacial score (nSPS) is 22.4. The number of rotatable bonds is 3. The Bertz CT molecular complexity index is 889. The number of hydrogen-bond donors (Lipinski definition) is 2. The number of hydrogen-bond acceptors (Lipinski definition) is 5. The van der Waals surface area contributed by atoms with Crippen LogP contribution in [0, 0.1) is 17.3 Å². The van der Waals surface area contributed by atoms with Gasteiger partial charge in [0.25, 0.3) is 0 Å². The van der Waals surface area contributed by atoms with E-state index in [4.69, 9.17) is 19.5 Å². The zero-order valence-corrected chi connectivity index (χ0v) is 17.9. The molecule has 1 heterocycles. The molecule has 0 aromatic heterocycles. The molecule has 0 aliphatic carbocycles. The minimum absolute atomic E-state index is 0.156. The van der Waals surface area contributed by atoms with Crippen LogP contribution in [0.5, 0.6) is 5.75 Å². The third-order valence-corrected chi connectivity index (χ3v) is 5.18. The first-order valence-electron chi connectivity index (χ1n) is 9.32. The van der Waals surface area contributed by atoms with E-state index in [1.54, 1.807) is 13.2 Å². The molecular weight excluding hydrogens is 389 g/mol. The number of phosphoric acid groups is 1. The summed E-state index contributed by atoms with van der Waals surface area (Å²) in [7, 11) is -2.41. The summed E-state index contributed by atoms with van der Waals surface area (Å²) in [6.07, 6.45) is 0.229. The van der Waals surface area contributed by atoms with E-state index in [9.17, 15) is 9.46 Å². The van der Waals surface area contributed by atoms with Crippen LogP contribution in [0.3, 0.4) is 0 Å². The minimum atomic E-state index is -3.97. The lowest BCUT2D eigenvalue weighted by molar-refractivity contribution is -0.0480. The minimum Gasteiger partial charge on any atom is -0.496 e. The maximum atomic E-state index is 11.6. The highest BCUT2D eigenvalue weighted by molar-refractivity contribution is 7.47. The van der Waals surface area contributed by atoms with Crippen molar-refractivity contribution in [2.24, 2.45) is 11.1 Å². The van der Waals surface area contributed by atoms with E-state index in [0.29, 0.717) is 12.3 Å². The summed E-state index contributed by atoms with van der Waals surface area (Å²) in [5, 5.41) is 0. The number of benzene rings is 2. The van der Waals surface area contributed by atoms with E-state index in [-0.39, 0.29) is 6.61 Å². The predicted molar refractivity (Wildman–Crippen MR) is 113 cm³/mol. The molecule has 3 N–H and O–H groups in total. The summed E-state index contributed by atoms with van der Waals surface area (Å²) >= 11 is 0. The summed E-state index contributed by atoms with van der Waals surface area (Å²) in [5.41, 5.74) is 6.69. The molecule has 1 saturated heterocycles. The molecule has 29 heavy (non-hydrogen) atoms. The van der Waals surface area contributed by atoms with Crippen molar-refractivity contribution < 1.29 is 23.2 Å². The molecule has 1 fully saturated rings. The Hall–Kier alpha value is -2.13. The van der Waals surface area contributed by atoms with Gasteiger partial charge in [-0.25, -0.2) is 4.57 Å². The maximum absolute atomic E-state index is 11.6. The van der Waals surface area contributed by atoms with Crippen molar-refractivity contribution >= 4 is 7.82 Å². The van der Waals surface area contributed by atoms with Gasteiger partial charge in [-0.2, -0.15) is 0 Å². The number of para-hydroxylation sites is 1. The first-order chi connectivity index (χ1) is 13.8. The van der Waals surface area contributed by atoms with Gasteiger partial charge in [0.15, 0.2) is 0 Å². The van der Waals surface area contributed by atoms with Crippen LogP contribution in [0.2, 0.25) is 0 Å². The highest BCUT2D eigenvalue weighted by Gasteiger charge is 2.45. The number of phosphoric ester groups is 1. The van der Waals surface area contributed by atoms with Crippen molar-refractivity contribution in [1.29, 1.82) is 0 Å². The second-order valence-electron chi connectivity index (χ2n) is 7.16. The molecule has 7 heteroatoms. The molecule has 1 aliphatic heterocycles. The average Bonchev–Trinajstić information content (AvgIpc) is 2.72. The molecule has 6 nitrogen and oxygen atoms in total. The molecule has 1 unspecified atom stereocenters. The Labute approximate surface area is 172 Å². The molecule has 2 aromatic rings. The number of ether oxygens (including phenoxy) is 1. The van der Waals surface area contributed by atoms with Crippen LogP contribution in [0.1, 0.15) is 37.5 Å². The van der Waals surface area contributed by atoms with Crippen LogP contribution in [0.25, 0.3) is 0 Å². The molecule has 0 bridgehead atoms. The average molecular weight is 417 g/mol. The van der Waals surface area contributed by atoms with E-state index in [2.05, 4.69) is 11.8 Å².